The van der Waals surface area contributed by atoms with Crippen molar-refractivity contribution in [2.24, 2.45) is 0 Å². The van der Waals surface area contributed by atoms with Crippen molar-refractivity contribution in [3.8, 4) is 0 Å². The van der Waals surface area contributed by atoms with Gasteiger partial charge in [0.15, 0.2) is 0 Å². The van der Waals surface area contributed by atoms with Crippen molar-refractivity contribution in [2.45, 2.75) is 19.1 Å². The van der Waals surface area contributed by atoms with Gasteiger partial charge in [0.1, 0.15) is 12.4 Å². The van der Waals surface area contributed by atoms with Gasteiger partial charge < -0.3 is 20.1 Å². The van der Waals surface area contributed by atoms with Gasteiger partial charge in [0.25, 0.3) is 5.91 Å². The maximum atomic E-state index is 13.7. The zero-order chi connectivity index (χ0) is 22.0. The van der Waals surface area contributed by atoms with Crippen LogP contribution < -0.4 is 10.2 Å². The minimum absolute atomic E-state index is 0. The first-order chi connectivity index (χ1) is 14.9. The lowest BCUT2D eigenvalue weighted by Crippen LogP contribution is -2.50. The maximum absolute atomic E-state index is 13.7. The number of halogens is 2. The van der Waals surface area contributed by atoms with Gasteiger partial charge in [0, 0.05) is 18.3 Å². The van der Waals surface area contributed by atoms with Crippen LogP contribution in [-0.4, -0.2) is 42.8 Å². The van der Waals surface area contributed by atoms with Gasteiger partial charge in [-0.3, -0.25) is 4.79 Å². The molecule has 168 valence electrons. The number of rotatable bonds is 6. The Morgan fingerprint density at radius 3 is 2.75 bits per heavy atom. The number of carbonyl (C=O) groups excluding carboxylic acids is 1. The Labute approximate surface area is 191 Å². The summed E-state index contributed by atoms with van der Waals surface area (Å²) in [5.41, 5.74) is 1.06. The number of carboxylic acids is 1. The number of benzene rings is 3. The number of anilines is 1. The molecule has 3 aromatic carbocycles. The lowest BCUT2D eigenvalue weighted by Gasteiger charge is -2.33. The fourth-order valence-corrected chi connectivity index (χ4v) is 3.89. The van der Waals surface area contributed by atoms with Gasteiger partial charge in [-0.25, -0.2) is 9.18 Å². The second-order valence-electron chi connectivity index (χ2n) is 7.60. The second kappa shape index (κ2) is 10.1. The summed E-state index contributed by atoms with van der Waals surface area (Å²) in [4.78, 5) is 25.0. The van der Waals surface area contributed by atoms with E-state index in [-0.39, 0.29) is 43.6 Å². The summed E-state index contributed by atoms with van der Waals surface area (Å²) in [6, 6.07) is 18.1. The third kappa shape index (κ3) is 4.91. The summed E-state index contributed by atoms with van der Waals surface area (Å²) in [6.45, 7) is 2.71. The molecule has 0 spiro atoms. The van der Waals surface area contributed by atoms with Crippen LogP contribution >= 0.6 is 12.4 Å². The van der Waals surface area contributed by atoms with Crippen LogP contribution in [0.25, 0.3) is 10.8 Å². The number of carboxylic acid groups (broad SMARTS) is 1. The van der Waals surface area contributed by atoms with E-state index in [0.717, 1.165) is 6.07 Å². The molecule has 1 amide bonds. The Morgan fingerprint density at radius 2 is 1.97 bits per heavy atom. The lowest BCUT2D eigenvalue weighted by molar-refractivity contribution is -0.129. The molecule has 2 N–H and O–H groups in total. The van der Waals surface area contributed by atoms with Gasteiger partial charge >= 0.3 is 5.97 Å². The smallest absolute Gasteiger partial charge is 0.338 e. The highest BCUT2D eigenvalue weighted by atomic mass is 35.5. The molecule has 0 aliphatic carbocycles. The molecule has 4 rings (SSSR count). The van der Waals surface area contributed by atoms with Crippen molar-refractivity contribution < 1.29 is 23.8 Å². The van der Waals surface area contributed by atoms with E-state index in [1.54, 1.807) is 0 Å². The highest BCUT2D eigenvalue weighted by Crippen LogP contribution is 2.25. The van der Waals surface area contributed by atoms with Gasteiger partial charge in [-0.15, -0.1) is 12.4 Å². The van der Waals surface area contributed by atoms with Gasteiger partial charge in [0.2, 0.25) is 0 Å². The van der Waals surface area contributed by atoms with Gasteiger partial charge in [-0.2, -0.15) is 0 Å². The average Bonchev–Trinajstić information content (AvgIpc) is 2.78. The van der Waals surface area contributed by atoms with Crippen molar-refractivity contribution in [1.82, 2.24) is 5.32 Å². The van der Waals surface area contributed by atoms with E-state index in [0.29, 0.717) is 12.2 Å². The number of nitrogens with one attached hydrogen (secondary N) is 1. The third-order valence-electron chi connectivity index (χ3n) is 5.56. The van der Waals surface area contributed by atoms with Gasteiger partial charge in [-0.05, 0) is 41.5 Å². The van der Waals surface area contributed by atoms with Crippen LogP contribution in [0.3, 0.4) is 0 Å². The number of carbonyl (C=O) groups is 2. The van der Waals surface area contributed by atoms with Crippen molar-refractivity contribution >= 4 is 40.7 Å². The first-order valence-electron chi connectivity index (χ1n) is 10.1. The van der Waals surface area contributed by atoms with E-state index >= 15 is 0 Å². The standard InChI is InChI=1S/C24H23FN2O4.ClH/c1-15(19-8-4-6-16-5-2-3-7-20(16)19)26-12-18-13-27(23(28)14-31-18)17-9-10-22(25)21(11-17)24(29)30;/h2-11,15,18,26H,12-14H2,1H3,(H,29,30);1H/t15-,18?;/m1./s1. The number of amides is 1. The van der Waals surface area contributed by atoms with E-state index in [1.165, 1.54) is 33.4 Å². The number of ether oxygens (including phenoxy) is 1. The number of morpholine rings is 1. The Hall–Kier alpha value is -3.00. The number of aromatic carboxylic acids is 1. The molecular weight excluding hydrogens is 435 g/mol. The summed E-state index contributed by atoms with van der Waals surface area (Å²) in [5.74, 6) is -2.50. The van der Waals surface area contributed by atoms with E-state index in [9.17, 15) is 14.0 Å². The van der Waals surface area contributed by atoms with Crippen LogP contribution in [0.2, 0.25) is 0 Å². The molecule has 0 saturated carbocycles. The second-order valence-corrected chi connectivity index (χ2v) is 7.60. The molecule has 1 heterocycles. The first-order valence-corrected chi connectivity index (χ1v) is 10.1. The molecule has 2 atom stereocenters. The highest BCUT2D eigenvalue weighted by molar-refractivity contribution is 5.97. The van der Waals surface area contributed by atoms with Crippen LogP contribution in [0.1, 0.15) is 28.9 Å². The van der Waals surface area contributed by atoms with Gasteiger partial charge in [-0.1, -0.05) is 42.5 Å². The van der Waals surface area contributed by atoms with Crippen LogP contribution in [0.15, 0.2) is 60.7 Å². The lowest BCUT2D eigenvalue weighted by atomic mass is 9.99. The summed E-state index contributed by atoms with van der Waals surface area (Å²) in [7, 11) is 0. The quantitative estimate of drug-likeness (QED) is 0.579. The molecular formula is C24H24ClFN2O4. The zero-order valence-corrected chi connectivity index (χ0v) is 18.3. The van der Waals surface area contributed by atoms with Crippen molar-refractivity contribution in [3.63, 3.8) is 0 Å². The molecule has 0 radical (unpaired) electrons. The van der Waals surface area contributed by atoms with Crippen molar-refractivity contribution in [3.05, 3.63) is 77.6 Å². The molecule has 1 aliphatic rings. The van der Waals surface area contributed by atoms with Crippen LogP contribution in [-0.2, 0) is 9.53 Å². The molecule has 1 unspecified atom stereocenters. The Kier molecular flexibility index (Phi) is 7.45. The Morgan fingerprint density at radius 1 is 1.22 bits per heavy atom. The van der Waals surface area contributed by atoms with Crippen molar-refractivity contribution in [1.29, 1.82) is 0 Å². The minimum atomic E-state index is -1.37. The summed E-state index contributed by atoms with van der Waals surface area (Å²) >= 11 is 0. The van der Waals surface area contributed by atoms with Gasteiger partial charge in [0.05, 0.1) is 18.2 Å². The molecule has 6 nitrogen and oxygen atoms in total. The summed E-state index contributed by atoms with van der Waals surface area (Å²) in [6.07, 6.45) is -0.284. The van der Waals surface area contributed by atoms with Crippen LogP contribution in [0.5, 0.6) is 0 Å². The van der Waals surface area contributed by atoms with E-state index in [2.05, 4.69) is 36.5 Å². The largest absolute Gasteiger partial charge is 0.478 e. The van der Waals surface area contributed by atoms with E-state index in [4.69, 9.17) is 9.84 Å². The molecule has 1 fully saturated rings. The number of fused-ring (bicyclic) bond motifs is 1. The molecule has 1 aliphatic heterocycles. The molecule has 3 aromatic rings. The molecule has 32 heavy (non-hydrogen) atoms. The number of hydrogen-bond donors (Lipinski definition) is 2. The fraction of sp³-hybridized carbons (Fsp3) is 0.250. The predicted molar refractivity (Wildman–Crippen MR) is 123 cm³/mol. The maximum Gasteiger partial charge on any atom is 0.338 e. The third-order valence-corrected chi connectivity index (χ3v) is 5.56. The van der Waals surface area contributed by atoms with Crippen LogP contribution in [0, 0.1) is 5.82 Å². The molecule has 0 aromatic heterocycles. The van der Waals surface area contributed by atoms with E-state index in [1.807, 2.05) is 18.2 Å². The SMILES string of the molecule is C[C@@H](NCC1CN(c2ccc(F)c(C(=O)O)c2)C(=O)CO1)c1cccc2ccccc12.Cl. The predicted octanol–water partition coefficient (Wildman–Crippen LogP) is 4.18. The Bertz CT molecular complexity index is 1130. The van der Waals surface area contributed by atoms with Crippen LogP contribution in [0.4, 0.5) is 10.1 Å². The molecule has 0 bridgehead atoms. The zero-order valence-electron chi connectivity index (χ0n) is 17.5. The molecule has 8 heteroatoms. The topological polar surface area (TPSA) is 78.9 Å². The monoisotopic (exact) mass is 458 g/mol. The fourth-order valence-electron chi connectivity index (χ4n) is 3.89. The number of nitrogens with zero attached hydrogens (tertiary/aromatic N) is 1. The number of hydrogen-bond acceptors (Lipinski definition) is 4. The normalized spacial score (nSPS) is 17.1. The first kappa shape index (κ1) is 23.7. The summed E-state index contributed by atoms with van der Waals surface area (Å²) in [5, 5.41) is 15.0. The summed E-state index contributed by atoms with van der Waals surface area (Å²) < 4.78 is 19.4. The average molecular weight is 459 g/mol. The van der Waals surface area contributed by atoms with Crippen molar-refractivity contribution in [2.75, 3.05) is 24.6 Å². The minimum Gasteiger partial charge on any atom is -0.478 e. The van der Waals surface area contributed by atoms with E-state index < -0.39 is 17.3 Å². The molecule has 1 saturated heterocycles. The Balaban J connectivity index is 0.00000289. The highest BCUT2D eigenvalue weighted by Gasteiger charge is 2.28.